The number of nitrogen functional groups attached to an aromatic ring is 1. The molecule has 8 heteroatoms. The summed E-state index contributed by atoms with van der Waals surface area (Å²) >= 11 is 2.82. The molecule has 0 aliphatic carbocycles. The van der Waals surface area contributed by atoms with E-state index in [1.165, 1.54) is 23.1 Å². The third kappa shape index (κ3) is 4.10. The minimum Gasteiger partial charge on any atom is -0.399 e. The summed E-state index contributed by atoms with van der Waals surface area (Å²) in [5.41, 5.74) is 6.97. The predicted octanol–water partition coefficient (Wildman–Crippen LogP) is 1.92. The minimum atomic E-state index is -0.0952. The van der Waals surface area contributed by atoms with Gasteiger partial charge in [-0.25, -0.2) is 0 Å². The molecule has 0 aliphatic heterocycles. The van der Waals surface area contributed by atoms with Gasteiger partial charge >= 0.3 is 0 Å². The number of nitrogens with one attached hydrogen (secondary N) is 1. The lowest BCUT2D eigenvalue weighted by molar-refractivity contribution is -0.113. The third-order valence-electron chi connectivity index (χ3n) is 2.28. The molecule has 0 radical (unpaired) electrons. The van der Waals surface area contributed by atoms with Crippen molar-refractivity contribution in [3.63, 3.8) is 0 Å². The number of thioether (sulfide) groups is 1. The highest BCUT2D eigenvalue weighted by molar-refractivity contribution is 8.01. The number of carbonyl (C=O) groups is 1. The molecule has 6 nitrogen and oxygen atoms in total. The Balaban J connectivity index is 1.85. The van der Waals surface area contributed by atoms with Crippen LogP contribution >= 0.6 is 23.1 Å². The smallest absolute Gasteiger partial charge is 0.234 e. The van der Waals surface area contributed by atoms with Crippen molar-refractivity contribution in [2.75, 3.05) is 35.8 Å². The third-order valence-corrected chi connectivity index (χ3v) is 4.50. The van der Waals surface area contributed by atoms with Gasteiger partial charge in [-0.3, -0.25) is 4.79 Å². The molecule has 1 amide bonds. The summed E-state index contributed by atoms with van der Waals surface area (Å²) in [5.74, 6) is 0.193. The zero-order chi connectivity index (χ0) is 14.5. The number of carbonyl (C=O) groups excluding carboxylic acids is 1. The number of hydrogen-bond donors (Lipinski definition) is 2. The van der Waals surface area contributed by atoms with E-state index in [1.54, 1.807) is 24.3 Å². The van der Waals surface area contributed by atoms with Crippen molar-refractivity contribution in [1.29, 1.82) is 0 Å². The Morgan fingerprint density at radius 3 is 2.90 bits per heavy atom. The van der Waals surface area contributed by atoms with Crippen LogP contribution < -0.4 is 16.0 Å². The molecular weight excluding hydrogens is 294 g/mol. The van der Waals surface area contributed by atoms with E-state index in [2.05, 4.69) is 15.5 Å². The zero-order valence-corrected chi connectivity index (χ0v) is 12.8. The van der Waals surface area contributed by atoms with Gasteiger partial charge in [-0.1, -0.05) is 29.2 Å². The second-order valence-corrected chi connectivity index (χ2v) is 6.39. The first-order valence-corrected chi connectivity index (χ1v) is 7.64. The van der Waals surface area contributed by atoms with Crippen LogP contribution in [0.2, 0.25) is 0 Å². The number of rotatable bonds is 5. The second kappa shape index (κ2) is 6.58. The van der Waals surface area contributed by atoms with Crippen LogP contribution in [0, 0.1) is 0 Å². The monoisotopic (exact) mass is 309 g/mol. The van der Waals surface area contributed by atoms with Crippen LogP contribution in [-0.4, -0.2) is 36.0 Å². The average molecular weight is 309 g/mol. The topological polar surface area (TPSA) is 84.1 Å². The van der Waals surface area contributed by atoms with Crippen molar-refractivity contribution in [3.8, 4) is 0 Å². The van der Waals surface area contributed by atoms with Gasteiger partial charge in [-0.05, 0) is 18.2 Å². The lowest BCUT2D eigenvalue weighted by Gasteiger charge is -2.05. The van der Waals surface area contributed by atoms with Crippen molar-refractivity contribution in [1.82, 2.24) is 10.2 Å². The van der Waals surface area contributed by atoms with E-state index in [-0.39, 0.29) is 11.7 Å². The molecule has 0 unspecified atom stereocenters. The molecule has 3 N–H and O–H groups in total. The molecule has 1 aromatic heterocycles. The number of aromatic nitrogens is 2. The highest BCUT2D eigenvalue weighted by atomic mass is 32.2. The van der Waals surface area contributed by atoms with Gasteiger partial charge in [0.1, 0.15) is 0 Å². The summed E-state index contributed by atoms with van der Waals surface area (Å²) in [6, 6.07) is 7.09. The fraction of sp³-hybridized carbons (Fsp3) is 0.250. The minimum absolute atomic E-state index is 0.0952. The molecular formula is C12H15N5OS2. The molecule has 2 aromatic rings. The summed E-state index contributed by atoms with van der Waals surface area (Å²) in [4.78, 5) is 13.7. The molecule has 0 bridgehead atoms. The fourth-order valence-corrected chi connectivity index (χ4v) is 2.95. The van der Waals surface area contributed by atoms with Gasteiger partial charge in [0.15, 0.2) is 4.34 Å². The van der Waals surface area contributed by atoms with E-state index in [4.69, 9.17) is 5.73 Å². The number of hydrogen-bond acceptors (Lipinski definition) is 7. The summed E-state index contributed by atoms with van der Waals surface area (Å²) in [5, 5.41) is 11.6. The predicted molar refractivity (Wildman–Crippen MR) is 84.4 cm³/mol. The molecule has 1 heterocycles. The first-order valence-electron chi connectivity index (χ1n) is 5.83. The maximum absolute atomic E-state index is 11.8. The van der Waals surface area contributed by atoms with Crippen molar-refractivity contribution < 1.29 is 4.79 Å². The summed E-state index contributed by atoms with van der Waals surface area (Å²) in [6.07, 6.45) is 0. The number of benzene rings is 1. The van der Waals surface area contributed by atoms with Gasteiger partial charge in [0.2, 0.25) is 11.0 Å². The standard InChI is InChI=1S/C12H15N5OS2/c1-17(2)11-15-16-12(20-11)19-7-10(18)14-9-5-3-4-8(13)6-9/h3-6H,7,13H2,1-2H3,(H,14,18). The molecule has 0 aliphatic rings. The van der Waals surface area contributed by atoms with Gasteiger partial charge in [-0.15, -0.1) is 10.2 Å². The van der Waals surface area contributed by atoms with Crippen molar-refractivity contribution in [3.05, 3.63) is 24.3 Å². The number of amides is 1. The highest BCUT2D eigenvalue weighted by Gasteiger charge is 2.09. The van der Waals surface area contributed by atoms with Crippen LogP contribution in [0.4, 0.5) is 16.5 Å². The van der Waals surface area contributed by atoms with Crippen LogP contribution in [0.1, 0.15) is 0 Å². The van der Waals surface area contributed by atoms with Crippen LogP contribution in [0.5, 0.6) is 0 Å². The second-order valence-electron chi connectivity index (χ2n) is 4.21. The molecule has 0 fully saturated rings. The molecule has 2 rings (SSSR count). The first kappa shape index (κ1) is 14.6. The average Bonchev–Trinajstić information content (AvgIpc) is 2.85. The van der Waals surface area contributed by atoms with E-state index in [0.29, 0.717) is 11.4 Å². The molecule has 0 spiro atoms. The Morgan fingerprint density at radius 1 is 1.45 bits per heavy atom. The van der Waals surface area contributed by atoms with Gasteiger partial charge in [-0.2, -0.15) is 0 Å². The highest BCUT2D eigenvalue weighted by Crippen LogP contribution is 2.26. The Kier molecular flexibility index (Phi) is 4.80. The maximum atomic E-state index is 11.8. The molecule has 0 saturated heterocycles. The Morgan fingerprint density at radius 2 is 2.25 bits per heavy atom. The van der Waals surface area contributed by atoms with Gasteiger partial charge < -0.3 is 16.0 Å². The lowest BCUT2D eigenvalue weighted by Crippen LogP contribution is -2.14. The van der Waals surface area contributed by atoms with Crippen molar-refractivity contribution in [2.45, 2.75) is 4.34 Å². The Labute approximate surface area is 125 Å². The van der Waals surface area contributed by atoms with E-state index in [9.17, 15) is 4.79 Å². The first-order chi connectivity index (χ1) is 9.54. The van der Waals surface area contributed by atoms with Crippen LogP contribution in [0.15, 0.2) is 28.6 Å². The van der Waals surface area contributed by atoms with Gasteiger partial charge in [0.25, 0.3) is 0 Å². The number of anilines is 3. The maximum Gasteiger partial charge on any atom is 0.234 e. The zero-order valence-electron chi connectivity index (χ0n) is 11.2. The summed E-state index contributed by atoms with van der Waals surface area (Å²) < 4.78 is 0.774. The van der Waals surface area contributed by atoms with Crippen LogP contribution in [0.25, 0.3) is 0 Å². The molecule has 0 saturated carbocycles. The number of nitrogens with zero attached hydrogens (tertiary/aromatic N) is 3. The van der Waals surface area contributed by atoms with Gasteiger partial charge in [0, 0.05) is 25.5 Å². The molecule has 106 valence electrons. The normalized spacial score (nSPS) is 10.3. The van der Waals surface area contributed by atoms with Crippen LogP contribution in [0.3, 0.4) is 0 Å². The largest absolute Gasteiger partial charge is 0.399 e. The van der Waals surface area contributed by atoms with E-state index < -0.39 is 0 Å². The van der Waals surface area contributed by atoms with Crippen molar-refractivity contribution in [2.24, 2.45) is 0 Å². The molecule has 1 aromatic carbocycles. The summed E-state index contributed by atoms with van der Waals surface area (Å²) in [6.45, 7) is 0. The van der Waals surface area contributed by atoms with E-state index >= 15 is 0 Å². The molecule has 20 heavy (non-hydrogen) atoms. The van der Waals surface area contributed by atoms with Crippen molar-refractivity contribution >= 4 is 45.5 Å². The van der Waals surface area contributed by atoms with Gasteiger partial charge in [0.05, 0.1) is 5.75 Å². The SMILES string of the molecule is CN(C)c1nnc(SCC(=O)Nc2cccc(N)c2)s1. The Bertz CT molecular complexity index is 599. The quantitative estimate of drug-likeness (QED) is 0.648. The fourth-order valence-electron chi connectivity index (χ4n) is 1.38. The van der Waals surface area contributed by atoms with E-state index in [1.807, 2.05) is 19.0 Å². The van der Waals surface area contributed by atoms with Crippen LogP contribution in [-0.2, 0) is 4.79 Å². The molecule has 0 atom stereocenters. The van der Waals surface area contributed by atoms with E-state index in [0.717, 1.165) is 9.47 Å². The number of nitrogens with two attached hydrogens (primary N) is 1. The lowest BCUT2D eigenvalue weighted by atomic mass is 10.3. The Hall–Kier alpha value is -1.80. The summed E-state index contributed by atoms with van der Waals surface area (Å²) in [7, 11) is 3.81.